The van der Waals surface area contributed by atoms with Gasteiger partial charge in [0, 0.05) is 23.0 Å². The van der Waals surface area contributed by atoms with E-state index in [0.29, 0.717) is 6.54 Å². The Kier molecular flexibility index (Phi) is 2.63. The molecule has 0 amide bonds. The van der Waals surface area contributed by atoms with Crippen molar-refractivity contribution in [3.63, 3.8) is 0 Å². The lowest BCUT2D eigenvalue weighted by Crippen LogP contribution is -2.19. The first-order valence-corrected chi connectivity index (χ1v) is 7.52. The van der Waals surface area contributed by atoms with Crippen LogP contribution in [0.2, 0.25) is 0 Å². The van der Waals surface area contributed by atoms with Gasteiger partial charge in [-0.15, -0.1) is 34.0 Å². The van der Waals surface area contributed by atoms with Gasteiger partial charge in [0.1, 0.15) is 0 Å². The summed E-state index contributed by atoms with van der Waals surface area (Å²) in [5.41, 5.74) is 0. The van der Waals surface area contributed by atoms with Crippen LogP contribution in [0.3, 0.4) is 0 Å². The van der Waals surface area contributed by atoms with Gasteiger partial charge in [-0.1, -0.05) is 0 Å². The Labute approximate surface area is 105 Å². The number of rotatable bonds is 3. The van der Waals surface area contributed by atoms with E-state index in [1.165, 1.54) is 23.8 Å². The number of fused-ring (bicyclic) bond motifs is 3. The quantitative estimate of drug-likeness (QED) is 0.785. The zero-order valence-corrected chi connectivity index (χ0v) is 11.2. The molecule has 0 spiro atoms. The number of aliphatic hydroxyl groups excluding tert-OH is 1. The molecule has 0 aliphatic rings. The number of thiophene rings is 3. The number of likely N-dealkylation sites (N-methyl/N-ethyl adjacent to an activating group) is 1. The molecule has 1 N–H and O–H groups in total. The first kappa shape index (κ1) is 10.5. The van der Waals surface area contributed by atoms with Crippen LogP contribution in [0.5, 0.6) is 0 Å². The van der Waals surface area contributed by atoms with Gasteiger partial charge in [-0.05, 0) is 17.5 Å². The van der Waals surface area contributed by atoms with E-state index in [4.69, 9.17) is 5.11 Å². The van der Waals surface area contributed by atoms with Gasteiger partial charge in [0.15, 0.2) is 0 Å². The zero-order valence-electron chi connectivity index (χ0n) is 8.77. The Balaban J connectivity index is 2.11. The monoisotopic (exact) mass is 269 g/mol. The van der Waals surface area contributed by atoms with Gasteiger partial charge in [-0.3, -0.25) is 0 Å². The van der Waals surface area contributed by atoms with E-state index in [0.717, 1.165) is 0 Å². The minimum absolute atomic E-state index is 0.205. The Bertz CT molecular complexity index is 621. The average Bonchev–Trinajstić information content (AvgIpc) is 2.87. The van der Waals surface area contributed by atoms with Gasteiger partial charge in [0.05, 0.1) is 21.0 Å². The highest BCUT2D eigenvalue weighted by molar-refractivity contribution is 7.39. The van der Waals surface area contributed by atoms with Gasteiger partial charge >= 0.3 is 0 Å². The molecule has 3 heterocycles. The van der Waals surface area contributed by atoms with Crippen molar-refractivity contribution in [3.8, 4) is 0 Å². The fourth-order valence-electron chi connectivity index (χ4n) is 1.71. The fourth-order valence-corrected chi connectivity index (χ4v) is 5.45. The smallest absolute Gasteiger partial charge is 0.0928 e. The van der Waals surface area contributed by atoms with E-state index >= 15 is 0 Å². The van der Waals surface area contributed by atoms with Crippen LogP contribution >= 0.6 is 34.0 Å². The molecular formula is C11H11NOS3. The third kappa shape index (κ3) is 1.55. The van der Waals surface area contributed by atoms with Crippen LogP contribution in [-0.2, 0) is 0 Å². The second-order valence-corrected chi connectivity index (χ2v) is 6.67. The van der Waals surface area contributed by atoms with Gasteiger partial charge < -0.3 is 10.0 Å². The van der Waals surface area contributed by atoms with Crippen molar-refractivity contribution in [3.05, 3.63) is 17.5 Å². The topological polar surface area (TPSA) is 23.5 Å². The van der Waals surface area contributed by atoms with Crippen molar-refractivity contribution in [2.75, 3.05) is 25.1 Å². The van der Waals surface area contributed by atoms with Gasteiger partial charge in [0.25, 0.3) is 0 Å². The Morgan fingerprint density at radius 3 is 2.94 bits per heavy atom. The number of aliphatic hydroxyl groups is 1. The molecule has 0 unspecified atom stereocenters. The van der Waals surface area contributed by atoms with Crippen LogP contribution in [0.25, 0.3) is 18.8 Å². The van der Waals surface area contributed by atoms with Gasteiger partial charge in [-0.2, -0.15) is 0 Å². The molecule has 3 aromatic heterocycles. The first-order chi connectivity index (χ1) is 7.79. The molecule has 5 heteroatoms. The maximum atomic E-state index is 8.93. The van der Waals surface area contributed by atoms with Crippen LogP contribution in [0, 0.1) is 0 Å². The summed E-state index contributed by atoms with van der Waals surface area (Å²) < 4.78 is 5.57. The Hall–Kier alpha value is -0.620. The molecule has 2 nitrogen and oxygen atoms in total. The predicted molar refractivity (Wildman–Crippen MR) is 75.4 cm³/mol. The van der Waals surface area contributed by atoms with Crippen LogP contribution in [0.1, 0.15) is 0 Å². The summed E-state index contributed by atoms with van der Waals surface area (Å²) >= 11 is 5.49. The van der Waals surface area contributed by atoms with Crippen molar-refractivity contribution in [1.29, 1.82) is 0 Å². The molecule has 0 saturated carbocycles. The largest absolute Gasteiger partial charge is 0.395 e. The summed E-state index contributed by atoms with van der Waals surface area (Å²) in [7, 11) is 2.03. The summed E-state index contributed by atoms with van der Waals surface area (Å²) in [4.78, 5) is 2.11. The molecule has 84 valence electrons. The number of anilines is 1. The van der Waals surface area contributed by atoms with Gasteiger partial charge in [-0.25, -0.2) is 0 Å². The highest BCUT2D eigenvalue weighted by Gasteiger charge is 2.12. The molecular weight excluding hydrogens is 258 g/mol. The van der Waals surface area contributed by atoms with Crippen molar-refractivity contribution in [2.45, 2.75) is 0 Å². The minimum atomic E-state index is 0.205. The van der Waals surface area contributed by atoms with Crippen LogP contribution in [0.4, 0.5) is 5.00 Å². The lowest BCUT2D eigenvalue weighted by atomic mass is 10.4. The van der Waals surface area contributed by atoms with Crippen molar-refractivity contribution in [2.24, 2.45) is 0 Å². The third-order valence-electron chi connectivity index (χ3n) is 2.55. The molecule has 0 aliphatic carbocycles. The summed E-state index contributed by atoms with van der Waals surface area (Å²) in [6, 6.07) is 4.42. The van der Waals surface area contributed by atoms with Gasteiger partial charge in [0.2, 0.25) is 0 Å². The molecule has 0 fully saturated rings. The van der Waals surface area contributed by atoms with Crippen LogP contribution in [-0.4, -0.2) is 25.3 Å². The van der Waals surface area contributed by atoms with Crippen LogP contribution in [0.15, 0.2) is 17.5 Å². The fraction of sp³-hybridized carbons (Fsp3) is 0.273. The van der Waals surface area contributed by atoms with Crippen molar-refractivity contribution in [1.82, 2.24) is 0 Å². The maximum absolute atomic E-state index is 8.93. The summed E-state index contributed by atoms with van der Waals surface area (Å²) in [5.74, 6) is 0. The molecule has 0 saturated heterocycles. The second-order valence-electron chi connectivity index (χ2n) is 3.64. The summed E-state index contributed by atoms with van der Waals surface area (Å²) in [5, 5.41) is 12.3. The standard InChI is InChI=1S/C11H11NOS3/c1-12(3-4-13)9-6-8-11(16-9)10-7(15-8)2-5-14-10/h2,5-6,13H,3-4H2,1H3. The number of hydrogen-bond donors (Lipinski definition) is 1. The van der Waals surface area contributed by atoms with Crippen molar-refractivity contribution >= 4 is 57.8 Å². The molecule has 0 aromatic carbocycles. The number of nitrogens with zero attached hydrogens (tertiary/aromatic N) is 1. The predicted octanol–water partition coefficient (Wildman–Crippen LogP) is 3.61. The van der Waals surface area contributed by atoms with E-state index in [1.807, 2.05) is 41.1 Å². The van der Waals surface area contributed by atoms with Crippen molar-refractivity contribution < 1.29 is 5.11 Å². The van der Waals surface area contributed by atoms with E-state index in [-0.39, 0.29) is 6.61 Å². The average molecular weight is 269 g/mol. The molecule has 16 heavy (non-hydrogen) atoms. The lowest BCUT2D eigenvalue weighted by Gasteiger charge is -2.14. The highest BCUT2D eigenvalue weighted by Crippen LogP contribution is 2.44. The molecule has 3 aromatic rings. The summed E-state index contributed by atoms with van der Waals surface area (Å²) in [6.45, 7) is 0.901. The van der Waals surface area contributed by atoms with E-state index in [1.54, 1.807) is 0 Å². The molecule has 3 rings (SSSR count). The second kappa shape index (κ2) is 4.00. The Morgan fingerprint density at radius 2 is 2.12 bits per heavy atom. The van der Waals surface area contributed by atoms with Crippen LogP contribution < -0.4 is 4.90 Å². The molecule has 0 atom stereocenters. The van der Waals surface area contributed by atoms with E-state index in [9.17, 15) is 0 Å². The van der Waals surface area contributed by atoms with E-state index in [2.05, 4.69) is 22.4 Å². The SMILES string of the molecule is CN(CCO)c1cc2sc3ccsc3c2s1. The van der Waals surface area contributed by atoms with E-state index < -0.39 is 0 Å². The maximum Gasteiger partial charge on any atom is 0.0928 e. The normalized spacial score (nSPS) is 11.6. The third-order valence-corrected chi connectivity index (χ3v) is 6.24. The molecule has 0 bridgehead atoms. The lowest BCUT2D eigenvalue weighted by molar-refractivity contribution is 0.304. The molecule has 0 aliphatic heterocycles. The minimum Gasteiger partial charge on any atom is -0.395 e. The highest BCUT2D eigenvalue weighted by atomic mass is 32.1. The summed E-state index contributed by atoms with van der Waals surface area (Å²) in [6.07, 6.45) is 0. The molecule has 0 radical (unpaired) electrons. The first-order valence-electron chi connectivity index (χ1n) is 5.01. The Morgan fingerprint density at radius 1 is 1.25 bits per heavy atom. The number of hydrogen-bond acceptors (Lipinski definition) is 5. The zero-order chi connectivity index (χ0) is 11.1.